The summed E-state index contributed by atoms with van der Waals surface area (Å²) in [6.45, 7) is 1.66. The van der Waals surface area contributed by atoms with Crippen LogP contribution in [0.25, 0.3) is 0 Å². The Hall–Kier alpha value is -2.50. The Morgan fingerprint density at radius 1 is 1.44 bits per heavy atom. The van der Waals surface area contributed by atoms with Gasteiger partial charge in [0, 0.05) is 23.5 Å². The third-order valence-corrected chi connectivity index (χ3v) is 2.49. The average molecular weight is 246 g/mol. The monoisotopic (exact) mass is 246 g/mol. The van der Waals surface area contributed by atoms with Crippen molar-refractivity contribution in [2.45, 2.75) is 6.92 Å². The molecule has 0 unspecified atom stereocenters. The number of benzene rings is 1. The Morgan fingerprint density at radius 3 is 2.94 bits per heavy atom. The van der Waals surface area contributed by atoms with Crippen molar-refractivity contribution >= 4 is 11.6 Å². The highest BCUT2D eigenvalue weighted by Crippen LogP contribution is 2.19. The van der Waals surface area contributed by atoms with Crippen LogP contribution < -0.4 is 21.5 Å². The van der Waals surface area contributed by atoms with Gasteiger partial charge in [-0.15, -0.1) is 0 Å². The summed E-state index contributed by atoms with van der Waals surface area (Å²) < 4.78 is 6.09. The minimum Gasteiger partial charge on any atom is -0.497 e. The van der Waals surface area contributed by atoms with Gasteiger partial charge in [-0.1, -0.05) is 6.07 Å². The molecule has 1 aromatic heterocycles. The number of methoxy groups -OCH3 is 1. The molecule has 6 nitrogen and oxygen atoms in total. The van der Waals surface area contributed by atoms with Crippen molar-refractivity contribution < 1.29 is 4.74 Å². The van der Waals surface area contributed by atoms with Crippen molar-refractivity contribution in [1.82, 2.24) is 9.66 Å². The van der Waals surface area contributed by atoms with Gasteiger partial charge in [0.25, 0.3) is 5.56 Å². The zero-order valence-corrected chi connectivity index (χ0v) is 10.2. The molecule has 0 radical (unpaired) electrons. The standard InChI is InChI=1S/C12H14N4O2/c1-8-7-14-12(16(13)11(8)17)15-9-4-3-5-10(6-9)18-2/h3-7H,13H2,1-2H3,(H,14,15). The maximum atomic E-state index is 11.6. The lowest BCUT2D eigenvalue weighted by Gasteiger charge is -2.10. The third-order valence-electron chi connectivity index (χ3n) is 2.49. The van der Waals surface area contributed by atoms with Crippen LogP contribution >= 0.6 is 0 Å². The molecule has 0 saturated heterocycles. The van der Waals surface area contributed by atoms with Gasteiger partial charge in [0.2, 0.25) is 5.95 Å². The summed E-state index contributed by atoms with van der Waals surface area (Å²) >= 11 is 0. The molecule has 2 rings (SSSR count). The highest BCUT2D eigenvalue weighted by atomic mass is 16.5. The van der Waals surface area contributed by atoms with Crippen LogP contribution in [-0.2, 0) is 0 Å². The number of hydrogen-bond donors (Lipinski definition) is 2. The van der Waals surface area contributed by atoms with Gasteiger partial charge in [-0.25, -0.2) is 4.98 Å². The van der Waals surface area contributed by atoms with Crippen LogP contribution in [0.2, 0.25) is 0 Å². The first-order valence-corrected chi connectivity index (χ1v) is 5.36. The van der Waals surface area contributed by atoms with E-state index in [1.165, 1.54) is 6.20 Å². The molecular weight excluding hydrogens is 232 g/mol. The highest BCUT2D eigenvalue weighted by molar-refractivity contribution is 5.56. The van der Waals surface area contributed by atoms with Crippen LogP contribution in [0.15, 0.2) is 35.3 Å². The van der Waals surface area contributed by atoms with Crippen molar-refractivity contribution in [3.05, 3.63) is 46.4 Å². The minimum absolute atomic E-state index is 0.277. The fourth-order valence-corrected chi connectivity index (χ4v) is 1.48. The van der Waals surface area contributed by atoms with Crippen molar-refractivity contribution in [3.8, 4) is 5.75 Å². The van der Waals surface area contributed by atoms with E-state index in [2.05, 4.69) is 10.3 Å². The van der Waals surface area contributed by atoms with Gasteiger partial charge in [-0.3, -0.25) is 4.79 Å². The predicted molar refractivity (Wildman–Crippen MR) is 69.7 cm³/mol. The molecule has 0 aliphatic carbocycles. The first kappa shape index (κ1) is 12.0. The van der Waals surface area contributed by atoms with E-state index in [9.17, 15) is 4.79 Å². The molecule has 0 bridgehead atoms. The first-order chi connectivity index (χ1) is 8.61. The summed E-state index contributed by atoms with van der Waals surface area (Å²) in [7, 11) is 1.59. The smallest absolute Gasteiger partial charge is 0.276 e. The van der Waals surface area contributed by atoms with E-state index < -0.39 is 0 Å². The van der Waals surface area contributed by atoms with Gasteiger partial charge in [0.05, 0.1) is 7.11 Å². The van der Waals surface area contributed by atoms with E-state index in [1.54, 1.807) is 20.1 Å². The van der Waals surface area contributed by atoms with E-state index in [-0.39, 0.29) is 11.5 Å². The number of aryl methyl sites for hydroxylation is 1. The summed E-state index contributed by atoms with van der Waals surface area (Å²) in [6, 6.07) is 7.26. The second kappa shape index (κ2) is 4.79. The lowest BCUT2D eigenvalue weighted by atomic mass is 10.3. The molecule has 0 aliphatic heterocycles. The Balaban J connectivity index is 2.34. The van der Waals surface area contributed by atoms with Crippen LogP contribution in [0.1, 0.15) is 5.56 Å². The number of rotatable bonds is 3. The fourth-order valence-electron chi connectivity index (χ4n) is 1.48. The molecule has 6 heteroatoms. The summed E-state index contributed by atoms with van der Waals surface area (Å²) in [6.07, 6.45) is 1.48. The van der Waals surface area contributed by atoms with Crippen LogP contribution in [0.4, 0.5) is 11.6 Å². The Labute approximate surface area is 104 Å². The zero-order valence-electron chi connectivity index (χ0n) is 10.2. The van der Waals surface area contributed by atoms with Gasteiger partial charge < -0.3 is 15.9 Å². The van der Waals surface area contributed by atoms with Gasteiger partial charge in [0.1, 0.15) is 5.75 Å². The van der Waals surface area contributed by atoms with E-state index in [1.807, 2.05) is 18.2 Å². The molecule has 18 heavy (non-hydrogen) atoms. The molecule has 0 aliphatic rings. The number of nitrogens with one attached hydrogen (secondary N) is 1. The molecule has 0 saturated carbocycles. The van der Waals surface area contributed by atoms with Gasteiger partial charge in [-0.2, -0.15) is 4.68 Å². The minimum atomic E-state index is -0.282. The summed E-state index contributed by atoms with van der Waals surface area (Å²) in [5, 5.41) is 2.96. The Morgan fingerprint density at radius 2 is 2.22 bits per heavy atom. The summed E-state index contributed by atoms with van der Waals surface area (Å²) in [5.74, 6) is 6.63. The van der Waals surface area contributed by atoms with Crippen molar-refractivity contribution in [2.24, 2.45) is 0 Å². The molecular formula is C12H14N4O2. The van der Waals surface area contributed by atoms with Crippen molar-refractivity contribution in [1.29, 1.82) is 0 Å². The number of nitrogens with two attached hydrogens (primary N) is 1. The summed E-state index contributed by atoms with van der Waals surface area (Å²) in [5.41, 5.74) is 0.952. The predicted octanol–water partition coefficient (Wildman–Crippen LogP) is 1.02. The molecule has 94 valence electrons. The molecule has 3 N–H and O–H groups in total. The van der Waals surface area contributed by atoms with Crippen LogP contribution in [0.5, 0.6) is 5.75 Å². The number of nitrogens with zero attached hydrogens (tertiary/aromatic N) is 2. The number of aromatic nitrogens is 2. The fraction of sp³-hybridized carbons (Fsp3) is 0.167. The molecule has 0 spiro atoms. The molecule has 0 fully saturated rings. The summed E-state index contributed by atoms with van der Waals surface area (Å²) in [4.78, 5) is 15.7. The van der Waals surface area contributed by atoms with Gasteiger partial charge >= 0.3 is 0 Å². The van der Waals surface area contributed by atoms with Crippen LogP contribution in [0, 0.1) is 6.92 Å². The topological polar surface area (TPSA) is 82.2 Å². The quantitative estimate of drug-likeness (QED) is 0.790. The maximum Gasteiger partial charge on any atom is 0.276 e. The lowest BCUT2D eigenvalue weighted by Crippen LogP contribution is -2.31. The van der Waals surface area contributed by atoms with E-state index >= 15 is 0 Å². The Kier molecular flexibility index (Phi) is 3.18. The second-order valence-electron chi connectivity index (χ2n) is 3.80. The lowest BCUT2D eigenvalue weighted by molar-refractivity contribution is 0.415. The zero-order chi connectivity index (χ0) is 13.1. The normalized spacial score (nSPS) is 10.1. The number of nitrogen functional groups attached to an aromatic ring is 1. The second-order valence-corrected chi connectivity index (χ2v) is 3.80. The molecule has 1 aromatic carbocycles. The third kappa shape index (κ3) is 2.27. The van der Waals surface area contributed by atoms with E-state index in [0.717, 1.165) is 10.4 Å². The highest BCUT2D eigenvalue weighted by Gasteiger charge is 2.05. The SMILES string of the molecule is COc1cccc(Nc2ncc(C)c(=O)n2N)c1. The number of ether oxygens (including phenoxy) is 1. The molecule has 2 aromatic rings. The van der Waals surface area contributed by atoms with Crippen molar-refractivity contribution in [3.63, 3.8) is 0 Å². The number of anilines is 2. The average Bonchev–Trinajstić information content (AvgIpc) is 2.40. The van der Waals surface area contributed by atoms with Gasteiger partial charge in [0.15, 0.2) is 0 Å². The van der Waals surface area contributed by atoms with E-state index in [0.29, 0.717) is 11.3 Å². The van der Waals surface area contributed by atoms with Gasteiger partial charge in [-0.05, 0) is 19.1 Å². The molecule has 0 atom stereocenters. The Bertz CT molecular complexity index is 622. The van der Waals surface area contributed by atoms with Crippen LogP contribution in [0.3, 0.4) is 0 Å². The van der Waals surface area contributed by atoms with Crippen molar-refractivity contribution in [2.75, 3.05) is 18.3 Å². The largest absolute Gasteiger partial charge is 0.497 e. The first-order valence-electron chi connectivity index (χ1n) is 5.36. The van der Waals surface area contributed by atoms with Crippen LogP contribution in [-0.4, -0.2) is 16.8 Å². The maximum absolute atomic E-state index is 11.6. The molecule has 0 amide bonds. The van der Waals surface area contributed by atoms with E-state index in [4.69, 9.17) is 10.6 Å². The molecule has 1 heterocycles. The number of hydrogen-bond acceptors (Lipinski definition) is 5.